The molecule has 0 saturated heterocycles. The molecule has 1 aliphatic rings. The van der Waals surface area contributed by atoms with E-state index in [9.17, 15) is 0 Å². The second kappa shape index (κ2) is 19.7. The van der Waals surface area contributed by atoms with Gasteiger partial charge in [0, 0.05) is 11.1 Å². The third-order valence-electron chi connectivity index (χ3n) is 10.8. The Morgan fingerprint density at radius 2 is 0.732 bits per heavy atom. The molecule has 2 unspecified atom stereocenters. The predicted molar refractivity (Wildman–Crippen MR) is 249 cm³/mol. The molecular weight excluding hydrogens is 802 g/mol. The number of hydrogen-bond donors (Lipinski definition) is 0. The molecule has 1 fully saturated rings. The smallest absolute Gasteiger partial charge is 0.677 e. The Kier molecular flexibility index (Phi) is 14.6. The van der Waals surface area contributed by atoms with E-state index in [4.69, 9.17) is 5.73 Å². The zero-order valence-corrected chi connectivity index (χ0v) is 34.8. The molecule has 0 aromatic heterocycles. The van der Waals surface area contributed by atoms with Gasteiger partial charge in [0.1, 0.15) is 31.8 Å². The molecular formula is C52H51NP2Ru+2. The summed E-state index contributed by atoms with van der Waals surface area (Å²) in [5, 5.41) is 13.6. The molecule has 1 saturated carbocycles. The first-order valence-corrected chi connectivity index (χ1v) is 22.2. The fourth-order valence-electron chi connectivity index (χ4n) is 8.08. The second-order valence-corrected chi connectivity index (χ2v) is 19.2. The molecule has 8 aromatic carbocycles. The number of rotatable bonds is 7. The van der Waals surface area contributed by atoms with Gasteiger partial charge in [-0.05, 0) is 82.2 Å². The van der Waals surface area contributed by atoms with Crippen molar-refractivity contribution in [3.8, 4) is 11.1 Å². The Bertz CT molecular complexity index is 2180. The van der Waals surface area contributed by atoms with E-state index >= 15 is 0 Å². The van der Waals surface area contributed by atoms with Gasteiger partial charge in [-0.25, -0.2) is 0 Å². The number of nitrogens with one attached hydrogen (secondary N) is 1. The zero-order valence-electron chi connectivity index (χ0n) is 31.0. The summed E-state index contributed by atoms with van der Waals surface area (Å²) in [7, 11) is -2.74. The van der Waals surface area contributed by atoms with Gasteiger partial charge in [0.15, 0.2) is 0 Å². The summed E-state index contributed by atoms with van der Waals surface area (Å²) >= 11 is 0. The molecule has 0 radical (unpaired) electrons. The summed E-state index contributed by atoms with van der Waals surface area (Å²) in [4.78, 5) is 0. The molecule has 0 amide bonds. The monoisotopic (exact) mass is 853 g/mol. The predicted octanol–water partition coefficient (Wildman–Crippen LogP) is 11.7. The van der Waals surface area contributed by atoms with Crippen LogP contribution < -0.4 is 31.8 Å². The van der Waals surface area contributed by atoms with Crippen molar-refractivity contribution in [1.82, 2.24) is 0 Å². The van der Waals surface area contributed by atoms with Crippen LogP contribution in [0.1, 0.15) is 33.1 Å². The standard InChI is InChI=1S/C44H32P2.C7H13N.CH4.Ru/c1-5-19-35(20-6-1)45(36-21-7-2-8-22-36)41-31-29-33-17-13-15-27-39(33)43(41)44-40-28-16-14-18-34(40)30-32-42(44)46(37-23-9-3-10-24-37)38-25-11-4-12-26-38;1-6-4-2-3-5-7(6)8;;/h1-32H;6-8H,1-5H2;1H4;/q;-2;;+2/p+2. The minimum absolute atomic E-state index is 0. The van der Waals surface area contributed by atoms with Gasteiger partial charge < -0.3 is 12.7 Å². The fourth-order valence-corrected chi connectivity index (χ4v) is 13.6. The summed E-state index contributed by atoms with van der Waals surface area (Å²) in [5.74, 6) is 0.420. The minimum Gasteiger partial charge on any atom is -0.677 e. The molecule has 0 bridgehead atoms. The summed E-state index contributed by atoms with van der Waals surface area (Å²) in [6.07, 6.45) is 4.80. The topological polar surface area (TPSA) is 23.8 Å². The maximum Gasteiger partial charge on any atom is 2.00 e. The summed E-state index contributed by atoms with van der Waals surface area (Å²) in [6.45, 7) is 3.89. The van der Waals surface area contributed by atoms with E-state index in [-0.39, 0.29) is 32.9 Å². The van der Waals surface area contributed by atoms with E-state index in [1.807, 2.05) is 0 Å². The molecule has 56 heavy (non-hydrogen) atoms. The van der Waals surface area contributed by atoms with Gasteiger partial charge in [0.05, 0.1) is 15.8 Å². The molecule has 0 aliphatic heterocycles. The largest absolute Gasteiger partial charge is 2.00 e. The average molecular weight is 853 g/mol. The van der Waals surface area contributed by atoms with Gasteiger partial charge in [0.2, 0.25) is 0 Å². The quantitative estimate of drug-likeness (QED) is 0.0867. The summed E-state index contributed by atoms with van der Waals surface area (Å²) in [6, 6.07) is 72.4. The molecule has 0 spiro atoms. The number of fused-ring (bicyclic) bond motifs is 2. The minimum atomic E-state index is -1.37. The van der Waals surface area contributed by atoms with E-state index in [0.717, 1.165) is 6.42 Å². The zero-order chi connectivity index (χ0) is 36.7. The second-order valence-electron chi connectivity index (χ2n) is 14.3. The van der Waals surface area contributed by atoms with E-state index in [1.165, 1.54) is 83.8 Å². The van der Waals surface area contributed by atoms with Crippen LogP contribution in [0.15, 0.2) is 194 Å². The van der Waals surface area contributed by atoms with Crippen LogP contribution in [-0.2, 0) is 19.5 Å². The van der Waals surface area contributed by atoms with Crippen LogP contribution in [0.25, 0.3) is 38.4 Å². The molecule has 1 N–H and O–H groups in total. The van der Waals surface area contributed by atoms with Crippen molar-refractivity contribution >= 4 is 69.2 Å². The molecule has 280 valence electrons. The van der Waals surface area contributed by atoms with Crippen molar-refractivity contribution in [1.29, 1.82) is 0 Å². The van der Waals surface area contributed by atoms with E-state index in [0.29, 0.717) is 5.92 Å². The first-order valence-electron chi connectivity index (χ1n) is 19.2. The van der Waals surface area contributed by atoms with Gasteiger partial charge >= 0.3 is 19.5 Å². The van der Waals surface area contributed by atoms with Crippen LogP contribution >= 0.6 is 15.8 Å². The van der Waals surface area contributed by atoms with E-state index < -0.39 is 15.8 Å². The SMILES string of the molecule is C.[CH2-]C1CCCCC1[NH-].[Ru+2].c1ccc([PH+](c2ccccc2)c2ccc3ccccc3c2-c2c([PH+](c3ccccc3)c3ccccc3)ccc3ccccc23)cc1. The van der Waals surface area contributed by atoms with E-state index in [1.54, 1.807) is 0 Å². The van der Waals surface area contributed by atoms with Gasteiger partial charge in [-0.2, -0.15) is 12.0 Å². The Hall–Kier alpha value is -4.28. The van der Waals surface area contributed by atoms with Gasteiger partial charge in [0.25, 0.3) is 0 Å². The maximum absolute atomic E-state index is 7.42. The third kappa shape index (κ3) is 8.97. The summed E-state index contributed by atoms with van der Waals surface area (Å²) in [5.41, 5.74) is 10.2. The van der Waals surface area contributed by atoms with Crippen molar-refractivity contribution < 1.29 is 19.5 Å². The Morgan fingerprint density at radius 3 is 1.05 bits per heavy atom. The first-order chi connectivity index (χ1) is 26.7. The maximum atomic E-state index is 7.42. The molecule has 9 rings (SSSR count). The molecule has 8 aromatic rings. The van der Waals surface area contributed by atoms with E-state index in [2.05, 4.69) is 201 Å². The third-order valence-corrected chi connectivity index (χ3v) is 16.4. The molecule has 4 heteroatoms. The van der Waals surface area contributed by atoms with Gasteiger partial charge in [-0.3, -0.25) is 0 Å². The first kappa shape index (κ1) is 41.4. The number of benzene rings is 8. The Morgan fingerprint density at radius 1 is 0.411 bits per heavy atom. The molecule has 2 atom stereocenters. The number of hydrogen-bond acceptors (Lipinski definition) is 0. The van der Waals surface area contributed by atoms with Gasteiger partial charge in [-0.1, -0.05) is 167 Å². The van der Waals surface area contributed by atoms with Crippen LogP contribution in [0.3, 0.4) is 0 Å². The van der Waals surface area contributed by atoms with Gasteiger partial charge in [-0.15, -0.1) is 0 Å². The van der Waals surface area contributed by atoms with Crippen molar-refractivity contribution in [2.75, 3.05) is 0 Å². The Labute approximate surface area is 349 Å². The molecule has 1 nitrogen and oxygen atoms in total. The fraction of sp³-hybridized carbons (Fsp3) is 0.135. The van der Waals surface area contributed by atoms with Crippen molar-refractivity contribution in [3.63, 3.8) is 0 Å². The summed E-state index contributed by atoms with van der Waals surface area (Å²) < 4.78 is 0. The van der Waals surface area contributed by atoms with Crippen LogP contribution in [0.4, 0.5) is 0 Å². The Balaban J connectivity index is 0.000000476. The van der Waals surface area contributed by atoms with Crippen molar-refractivity contribution in [3.05, 3.63) is 207 Å². The van der Waals surface area contributed by atoms with Crippen LogP contribution in [0.2, 0.25) is 0 Å². The average Bonchev–Trinajstić information content (AvgIpc) is 3.24. The van der Waals surface area contributed by atoms with Crippen LogP contribution in [-0.4, -0.2) is 6.04 Å². The van der Waals surface area contributed by atoms with Crippen molar-refractivity contribution in [2.45, 2.75) is 39.2 Å². The van der Waals surface area contributed by atoms with Crippen LogP contribution in [0.5, 0.6) is 0 Å². The molecule has 1 aliphatic carbocycles. The molecule has 0 heterocycles. The van der Waals surface area contributed by atoms with Crippen molar-refractivity contribution in [2.24, 2.45) is 5.92 Å². The normalized spacial score (nSPS) is 15.1. The van der Waals surface area contributed by atoms with Crippen LogP contribution in [0, 0.1) is 12.8 Å².